The van der Waals surface area contributed by atoms with E-state index in [2.05, 4.69) is 10.2 Å². The van der Waals surface area contributed by atoms with Crippen molar-refractivity contribution in [2.75, 3.05) is 26.3 Å². The van der Waals surface area contributed by atoms with E-state index in [4.69, 9.17) is 9.47 Å². The van der Waals surface area contributed by atoms with Gasteiger partial charge in [0.05, 0.1) is 18.2 Å². The molecule has 0 radical (unpaired) electrons. The van der Waals surface area contributed by atoms with Crippen molar-refractivity contribution in [3.8, 4) is 0 Å². The predicted molar refractivity (Wildman–Crippen MR) is 72.5 cm³/mol. The number of hydrogen-bond acceptors (Lipinski definition) is 5. The van der Waals surface area contributed by atoms with E-state index in [9.17, 15) is 4.79 Å². The molecule has 114 valence electrons. The lowest BCUT2D eigenvalue weighted by atomic mass is 9.97. The van der Waals surface area contributed by atoms with Crippen molar-refractivity contribution < 1.29 is 14.3 Å². The average Bonchev–Trinajstić information content (AvgIpc) is 3.29. The maximum Gasteiger partial charge on any atom is 0.251 e. The Morgan fingerprint density at radius 1 is 1.33 bits per heavy atom. The average molecular weight is 292 g/mol. The SMILES string of the molecule is O=C([C@H]1CCCO1)N1CC[C@]2(C[C@@H](n3cnnc3)CO2)C1. The summed E-state index contributed by atoms with van der Waals surface area (Å²) in [6.45, 7) is 2.83. The Kier molecular flexibility index (Phi) is 3.19. The summed E-state index contributed by atoms with van der Waals surface area (Å²) in [6.07, 6.45) is 6.91. The Balaban J connectivity index is 1.40. The fourth-order valence-electron chi connectivity index (χ4n) is 3.70. The van der Waals surface area contributed by atoms with E-state index < -0.39 is 0 Å². The molecule has 3 aliphatic rings. The van der Waals surface area contributed by atoms with Crippen LogP contribution in [-0.2, 0) is 14.3 Å². The third-order valence-electron chi connectivity index (χ3n) is 4.88. The molecule has 0 unspecified atom stereocenters. The largest absolute Gasteiger partial charge is 0.371 e. The van der Waals surface area contributed by atoms with E-state index in [1.165, 1.54) is 0 Å². The molecule has 1 amide bonds. The topological polar surface area (TPSA) is 69.5 Å². The second-order valence-electron chi connectivity index (χ2n) is 6.27. The fraction of sp³-hybridized carbons (Fsp3) is 0.786. The Bertz CT molecular complexity index is 514. The fourth-order valence-corrected chi connectivity index (χ4v) is 3.70. The van der Waals surface area contributed by atoms with Gasteiger partial charge in [0.1, 0.15) is 18.8 Å². The van der Waals surface area contributed by atoms with Crippen molar-refractivity contribution in [2.24, 2.45) is 0 Å². The first-order chi connectivity index (χ1) is 10.3. The minimum Gasteiger partial charge on any atom is -0.371 e. The molecule has 0 aromatic carbocycles. The Hall–Kier alpha value is -1.47. The lowest BCUT2D eigenvalue weighted by molar-refractivity contribution is -0.140. The number of ether oxygens (including phenoxy) is 2. The molecule has 3 saturated heterocycles. The summed E-state index contributed by atoms with van der Waals surface area (Å²) in [5.74, 6) is 0.140. The van der Waals surface area contributed by atoms with Crippen LogP contribution in [0.3, 0.4) is 0 Å². The van der Waals surface area contributed by atoms with Crippen LogP contribution in [0.4, 0.5) is 0 Å². The monoisotopic (exact) mass is 292 g/mol. The van der Waals surface area contributed by atoms with Crippen molar-refractivity contribution in [1.82, 2.24) is 19.7 Å². The number of amides is 1. The van der Waals surface area contributed by atoms with Crippen molar-refractivity contribution in [3.63, 3.8) is 0 Å². The maximum absolute atomic E-state index is 12.4. The molecule has 4 rings (SSSR count). The Morgan fingerprint density at radius 3 is 2.95 bits per heavy atom. The molecule has 7 nitrogen and oxygen atoms in total. The van der Waals surface area contributed by atoms with Crippen molar-refractivity contribution in [3.05, 3.63) is 12.7 Å². The zero-order valence-corrected chi connectivity index (χ0v) is 12.0. The highest BCUT2D eigenvalue weighted by Gasteiger charge is 2.48. The summed E-state index contributed by atoms with van der Waals surface area (Å²) in [5, 5.41) is 7.71. The smallest absolute Gasteiger partial charge is 0.251 e. The molecule has 1 aromatic heterocycles. The highest BCUT2D eigenvalue weighted by molar-refractivity contribution is 5.81. The minimum absolute atomic E-state index is 0.140. The van der Waals surface area contributed by atoms with E-state index in [1.807, 2.05) is 9.47 Å². The van der Waals surface area contributed by atoms with Gasteiger partial charge in [0.2, 0.25) is 0 Å². The highest BCUT2D eigenvalue weighted by atomic mass is 16.5. The normalized spacial score (nSPS) is 35.9. The van der Waals surface area contributed by atoms with Gasteiger partial charge < -0.3 is 18.9 Å². The number of carbonyl (C=O) groups is 1. The van der Waals surface area contributed by atoms with Crippen molar-refractivity contribution in [2.45, 2.75) is 43.4 Å². The van der Waals surface area contributed by atoms with Crippen LogP contribution in [0, 0.1) is 0 Å². The molecular formula is C14H20N4O3. The van der Waals surface area contributed by atoms with Crippen LogP contribution >= 0.6 is 0 Å². The number of nitrogens with zero attached hydrogens (tertiary/aromatic N) is 4. The molecule has 4 heterocycles. The molecule has 3 fully saturated rings. The molecule has 3 aliphatic heterocycles. The van der Waals surface area contributed by atoms with Crippen molar-refractivity contribution in [1.29, 1.82) is 0 Å². The third-order valence-corrected chi connectivity index (χ3v) is 4.88. The number of carbonyl (C=O) groups excluding carboxylic acids is 1. The standard InChI is InChI=1S/C14H20N4O3/c19-13(12-2-1-5-20-12)17-4-3-14(8-17)6-11(7-21-14)18-9-15-16-10-18/h9-12H,1-8H2/t11-,12-,14+/m1/s1. The van der Waals surface area contributed by atoms with Crippen LogP contribution in [0.5, 0.6) is 0 Å². The van der Waals surface area contributed by atoms with Crippen LogP contribution in [0.15, 0.2) is 12.7 Å². The van der Waals surface area contributed by atoms with Gasteiger partial charge >= 0.3 is 0 Å². The highest BCUT2D eigenvalue weighted by Crippen LogP contribution is 2.40. The van der Waals surface area contributed by atoms with Crippen LogP contribution in [-0.4, -0.2) is 63.6 Å². The molecule has 7 heteroatoms. The Labute approximate surface area is 123 Å². The molecule has 21 heavy (non-hydrogen) atoms. The number of hydrogen-bond donors (Lipinski definition) is 0. The van der Waals surface area contributed by atoms with E-state index in [1.54, 1.807) is 12.7 Å². The van der Waals surface area contributed by atoms with Crippen LogP contribution in [0.2, 0.25) is 0 Å². The number of likely N-dealkylation sites (tertiary alicyclic amines) is 1. The first-order valence-corrected chi connectivity index (χ1v) is 7.64. The molecule has 3 atom stereocenters. The van der Waals surface area contributed by atoms with Gasteiger partial charge in [-0.25, -0.2) is 0 Å². The molecule has 0 N–H and O–H groups in total. The van der Waals surface area contributed by atoms with Gasteiger partial charge in [0.25, 0.3) is 5.91 Å². The van der Waals surface area contributed by atoms with Crippen LogP contribution < -0.4 is 0 Å². The summed E-state index contributed by atoms with van der Waals surface area (Å²) in [4.78, 5) is 14.3. The van der Waals surface area contributed by atoms with Crippen molar-refractivity contribution >= 4 is 5.91 Å². The van der Waals surface area contributed by atoms with Gasteiger partial charge in [-0.1, -0.05) is 0 Å². The van der Waals surface area contributed by atoms with E-state index in [0.29, 0.717) is 19.8 Å². The van der Waals surface area contributed by atoms with Crippen LogP contribution in [0.25, 0.3) is 0 Å². The van der Waals surface area contributed by atoms with Gasteiger partial charge in [-0.2, -0.15) is 0 Å². The van der Waals surface area contributed by atoms with E-state index in [0.717, 1.165) is 32.2 Å². The molecule has 1 spiro atoms. The number of aromatic nitrogens is 3. The van der Waals surface area contributed by atoms with Crippen LogP contribution in [0.1, 0.15) is 31.7 Å². The zero-order chi connectivity index (χ0) is 14.3. The molecule has 0 aliphatic carbocycles. The van der Waals surface area contributed by atoms with Gasteiger partial charge in [-0.05, 0) is 19.3 Å². The molecule has 0 bridgehead atoms. The molecule has 0 saturated carbocycles. The van der Waals surface area contributed by atoms with Gasteiger partial charge in [-0.3, -0.25) is 4.79 Å². The summed E-state index contributed by atoms with van der Waals surface area (Å²) in [6, 6.07) is 0.276. The second-order valence-corrected chi connectivity index (χ2v) is 6.27. The van der Waals surface area contributed by atoms with E-state index >= 15 is 0 Å². The van der Waals surface area contributed by atoms with Gasteiger partial charge in [0, 0.05) is 26.1 Å². The lowest BCUT2D eigenvalue weighted by Crippen LogP contribution is -2.40. The molecule has 1 aromatic rings. The Morgan fingerprint density at radius 2 is 2.19 bits per heavy atom. The summed E-state index contributed by atoms with van der Waals surface area (Å²) in [5.41, 5.74) is -0.191. The number of rotatable bonds is 2. The second kappa shape index (κ2) is 5.06. The maximum atomic E-state index is 12.4. The predicted octanol–water partition coefficient (Wildman–Crippen LogP) is 0.390. The van der Waals surface area contributed by atoms with E-state index in [-0.39, 0.29) is 23.7 Å². The first-order valence-electron chi connectivity index (χ1n) is 7.64. The zero-order valence-electron chi connectivity index (χ0n) is 12.0. The summed E-state index contributed by atoms with van der Waals surface area (Å²) >= 11 is 0. The quantitative estimate of drug-likeness (QED) is 0.788. The van der Waals surface area contributed by atoms with Gasteiger partial charge in [0.15, 0.2) is 0 Å². The molecular weight excluding hydrogens is 272 g/mol. The summed E-state index contributed by atoms with van der Waals surface area (Å²) < 4.78 is 13.6. The minimum atomic E-state index is -0.227. The third kappa shape index (κ3) is 2.34. The summed E-state index contributed by atoms with van der Waals surface area (Å²) in [7, 11) is 0. The lowest BCUT2D eigenvalue weighted by Gasteiger charge is -2.24. The first kappa shape index (κ1) is 13.2. The van der Waals surface area contributed by atoms with Gasteiger partial charge in [-0.15, -0.1) is 10.2 Å².